The largest absolute Gasteiger partial charge is 0.508 e. The van der Waals surface area contributed by atoms with Crippen LogP contribution in [0.5, 0.6) is 11.5 Å². The van der Waals surface area contributed by atoms with Gasteiger partial charge in [0.15, 0.2) is 0 Å². The lowest BCUT2D eigenvalue weighted by Gasteiger charge is -2.12. The van der Waals surface area contributed by atoms with Crippen molar-refractivity contribution < 1.29 is 10.2 Å². The first kappa shape index (κ1) is 16.9. The first-order chi connectivity index (χ1) is 13.1. The number of aromatic nitrogens is 3. The topological polar surface area (TPSA) is 103 Å². The van der Waals surface area contributed by atoms with Crippen molar-refractivity contribution in [1.29, 1.82) is 0 Å². The third-order valence-electron chi connectivity index (χ3n) is 3.85. The van der Waals surface area contributed by atoms with Gasteiger partial charge in [0, 0.05) is 17.1 Å². The summed E-state index contributed by atoms with van der Waals surface area (Å²) in [7, 11) is 0. The lowest BCUT2D eigenvalue weighted by Crippen LogP contribution is -2.04. The van der Waals surface area contributed by atoms with E-state index in [4.69, 9.17) is 11.6 Å². The average molecular weight is 380 g/mol. The minimum atomic E-state index is -0.0186. The number of rotatable bonds is 4. The average Bonchev–Trinajstić information content (AvgIpc) is 2.64. The molecule has 4 N–H and O–H groups in total. The van der Waals surface area contributed by atoms with Crippen LogP contribution >= 0.6 is 11.6 Å². The number of nitrogens with one attached hydrogen (secondary N) is 2. The van der Waals surface area contributed by atoms with Crippen LogP contribution in [0, 0.1) is 0 Å². The quantitative estimate of drug-likeness (QED) is 0.385. The maximum absolute atomic E-state index is 10.3. The van der Waals surface area contributed by atoms with Crippen molar-refractivity contribution in [3.63, 3.8) is 0 Å². The minimum Gasteiger partial charge on any atom is -0.508 e. The normalized spacial score (nSPS) is 10.7. The molecule has 0 radical (unpaired) electrons. The lowest BCUT2D eigenvalue weighted by atomic mass is 10.1. The minimum absolute atomic E-state index is 0.0186. The highest BCUT2D eigenvalue weighted by Gasteiger charge is 2.11. The molecule has 0 spiro atoms. The van der Waals surface area contributed by atoms with Crippen molar-refractivity contribution >= 4 is 45.6 Å². The van der Waals surface area contributed by atoms with E-state index in [1.165, 1.54) is 6.07 Å². The van der Waals surface area contributed by atoms with Crippen LogP contribution in [0.15, 0.2) is 60.7 Å². The molecule has 0 saturated heterocycles. The second-order valence-electron chi connectivity index (χ2n) is 5.73. The maximum Gasteiger partial charge on any atom is 0.233 e. The molecule has 0 unspecified atom stereocenters. The third kappa shape index (κ3) is 3.68. The molecule has 0 fully saturated rings. The van der Waals surface area contributed by atoms with Crippen LogP contribution < -0.4 is 10.6 Å². The molecule has 0 atom stereocenters. The van der Waals surface area contributed by atoms with Gasteiger partial charge in [-0.25, -0.2) is 0 Å². The smallest absolute Gasteiger partial charge is 0.233 e. The fraction of sp³-hybridized carbons (Fsp3) is 0. The summed E-state index contributed by atoms with van der Waals surface area (Å²) >= 11 is 6.02. The fourth-order valence-corrected chi connectivity index (χ4v) is 2.84. The zero-order chi connectivity index (χ0) is 18.8. The van der Waals surface area contributed by atoms with Gasteiger partial charge in [-0.2, -0.15) is 15.0 Å². The van der Waals surface area contributed by atoms with Crippen molar-refractivity contribution in [3.8, 4) is 11.5 Å². The summed E-state index contributed by atoms with van der Waals surface area (Å²) in [4.78, 5) is 12.4. The molecule has 134 valence electrons. The van der Waals surface area contributed by atoms with Gasteiger partial charge in [0.25, 0.3) is 0 Å². The Balaban J connectivity index is 1.69. The van der Waals surface area contributed by atoms with E-state index in [9.17, 15) is 10.2 Å². The van der Waals surface area contributed by atoms with E-state index in [2.05, 4.69) is 25.6 Å². The monoisotopic (exact) mass is 379 g/mol. The highest BCUT2D eigenvalue weighted by molar-refractivity contribution is 6.28. The van der Waals surface area contributed by atoms with Crippen molar-refractivity contribution in [2.24, 2.45) is 0 Å². The van der Waals surface area contributed by atoms with Crippen molar-refractivity contribution in [2.75, 3.05) is 10.6 Å². The SMILES string of the molecule is Oc1cccc(Nc2nc(Cl)nc(Nc3c(O)ccc4ccccc34)n2)c1. The van der Waals surface area contributed by atoms with Gasteiger partial charge in [0.1, 0.15) is 11.5 Å². The summed E-state index contributed by atoms with van der Waals surface area (Å²) < 4.78 is 0. The number of phenols is 2. The molecule has 3 aromatic carbocycles. The van der Waals surface area contributed by atoms with E-state index in [-0.39, 0.29) is 28.7 Å². The Morgan fingerprint density at radius 3 is 2.37 bits per heavy atom. The first-order valence-electron chi connectivity index (χ1n) is 8.04. The molecule has 1 aromatic heterocycles. The summed E-state index contributed by atoms with van der Waals surface area (Å²) in [5, 5.41) is 27.5. The van der Waals surface area contributed by atoms with Crippen molar-refractivity contribution in [1.82, 2.24) is 15.0 Å². The van der Waals surface area contributed by atoms with Crippen LogP contribution in [0.2, 0.25) is 5.28 Å². The summed E-state index contributed by atoms with van der Waals surface area (Å²) in [6.45, 7) is 0. The summed E-state index contributed by atoms with van der Waals surface area (Å²) in [5.41, 5.74) is 1.06. The van der Waals surface area contributed by atoms with Gasteiger partial charge in [-0.05, 0) is 35.2 Å². The van der Waals surface area contributed by atoms with Crippen LogP contribution in [-0.4, -0.2) is 25.2 Å². The molecule has 7 nitrogen and oxygen atoms in total. The predicted octanol–water partition coefficient (Wildman–Crippen LogP) is 4.58. The van der Waals surface area contributed by atoms with Crippen molar-refractivity contribution in [3.05, 3.63) is 65.9 Å². The second-order valence-corrected chi connectivity index (χ2v) is 6.07. The molecule has 0 saturated carbocycles. The molecule has 8 heteroatoms. The summed E-state index contributed by atoms with van der Waals surface area (Å²) in [5.74, 6) is 0.541. The second kappa shape index (κ2) is 6.97. The zero-order valence-electron chi connectivity index (χ0n) is 13.9. The van der Waals surface area contributed by atoms with Crippen molar-refractivity contribution in [2.45, 2.75) is 0 Å². The zero-order valence-corrected chi connectivity index (χ0v) is 14.6. The Labute approximate surface area is 159 Å². The van der Waals surface area contributed by atoms with Gasteiger partial charge in [-0.3, -0.25) is 0 Å². The van der Waals surface area contributed by atoms with Crippen LogP contribution in [0.3, 0.4) is 0 Å². The van der Waals surface area contributed by atoms with E-state index in [1.807, 2.05) is 30.3 Å². The number of halogens is 1. The summed E-state index contributed by atoms with van der Waals surface area (Å²) in [6.07, 6.45) is 0. The molecule has 27 heavy (non-hydrogen) atoms. The Morgan fingerprint density at radius 2 is 1.56 bits per heavy atom. The third-order valence-corrected chi connectivity index (χ3v) is 4.02. The standard InChI is InChI=1S/C19H14ClN5O2/c20-17-23-18(21-12-5-3-6-13(26)10-12)25-19(24-17)22-16-14-7-2-1-4-11(14)8-9-15(16)27/h1-10,26-27H,(H2,21,22,23,24,25). The van der Waals surface area contributed by atoms with Gasteiger partial charge >= 0.3 is 0 Å². The Bertz CT molecular complexity index is 1140. The molecule has 1 heterocycles. The first-order valence-corrected chi connectivity index (χ1v) is 8.42. The molecular formula is C19H14ClN5O2. The maximum atomic E-state index is 10.3. The molecule has 0 amide bonds. The van der Waals surface area contributed by atoms with Crippen LogP contribution in [0.25, 0.3) is 10.8 Å². The van der Waals surface area contributed by atoms with E-state index < -0.39 is 0 Å². The predicted molar refractivity (Wildman–Crippen MR) is 105 cm³/mol. The van der Waals surface area contributed by atoms with Crippen LogP contribution in [-0.2, 0) is 0 Å². The summed E-state index contributed by atoms with van der Waals surface area (Å²) in [6, 6.07) is 17.6. The van der Waals surface area contributed by atoms with Gasteiger partial charge in [0.2, 0.25) is 17.2 Å². The van der Waals surface area contributed by atoms with E-state index in [1.54, 1.807) is 24.3 Å². The molecular weight excluding hydrogens is 366 g/mol. The van der Waals surface area contributed by atoms with E-state index in [0.717, 1.165) is 10.8 Å². The van der Waals surface area contributed by atoms with Gasteiger partial charge in [-0.15, -0.1) is 0 Å². The van der Waals surface area contributed by atoms with Gasteiger partial charge < -0.3 is 20.8 Å². The Kier molecular flexibility index (Phi) is 4.35. The number of hydrogen-bond acceptors (Lipinski definition) is 7. The van der Waals surface area contributed by atoms with E-state index >= 15 is 0 Å². The van der Waals surface area contributed by atoms with Gasteiger partial charge in [-0.1, -0.05) is 36.4 Å². The van der Waals surface area contributed by atoms with Crippen LogP contribution in [0.4, 0.5) is 23.3 Å². The number of nitrogens with zero attached hydrogens (tertiary/aromatic N) is 3. The number of aromatic hydroxyl groups is 2. The van der Waals surface area contributed by atoms with Crippen LogP contribution in [0.1, 0.15) is 0 Å². The number of benzene rings is 3. The molecule has 0 aliphatic heterocycles. The highest BCUT2D eigenvalue weighted by atomic mass is 35.5. The Morgan fingerprint density at radius 1 is 0.778 bits per heavy atom. The number of phenolic OH excluding ortho intramolecular Hbond substituents is 2. The molecule has 0 aliphatic rings. The molecule has 0 aliphatic carbocycles. The fourth-order valence-electron chi connectivity index (χ4n) is 2.68. The molecule has 4 aromatic rings. The number of hydrogen-bond donors (Lipinski definition) is 4. The lowest BCUT2D eigenvalue weighted by molar-refractivity contribution is 0.475. The Hall–Kier alpha value is -3.58. The van der Waals surface area contributed by atoms with E-state index in [0.29, 0.717) is 11.4 Å². The highest BCUT2D eigenvalue weighted by Crippen LogP contribution is 2.34. The van der Waals surface area contributed by atoms with Gasteiger partial charge in [0.05, 0.1) is 5.69 Å². The molecule has 0 bridgehead atoms. The number of anilines is 4. The molecule has 4 rings (SSSR count). The number of fused-ring (bicyclic) bond motifs is 1.